The minimum absolute atomic E-state index is 0.0229. The van der Waals surface area contributed by atoms with E-state index in [0.29, 0.717) is 0 Å². The first-order valence-electron chi connectivity index (χ1n) is 20.7. The highest BCUT2D eigenvalue weighted by Gasteiger charge is 2.21. The van der Waals surface area contributed by atoms with E-state index in [4.69, 9.17) is 4.42 Å². The summed E-state index contributed by atoms with van der Waals surface area (Å²) in [5.41, 5.74) is 17.7. The van der Waals surface area contributed by atoms with Gasteiger partial charge in [-0.2, -0.15) is 0 Å². The van der Waals surface area contributed by atoms with Gasteiger partial charge in [0.2, 0.25) is 0 Å². The molecule has 0 saturated heterocycles. The van der Waals surface area contributed by atoms with Crippen LogP contribution in [0.2, 0.25) is 0 Å². The first-order chi connectivity index (χ1) is 29.7. The predicted molar refractivity (Wildman–Crippen MR) is 252 cm³/mol. The van der Waals surface area contributed by atoms with E-state index in [1.165, 1.54) is 83.1 Å². The third-order valence-corrected chi connectivity index (χ3v) is 12.1. The third-order valence-electron chi connectivity index (χ3n) is 12.1. The Balaban J connectivity index is 0.958. The molecule has 0 amide bonds. The van der Waals surface area contributed by atoms with Gasteiger partial charge in [-0.05, 0) is 107 Å². The molecule has 1 heteroatoms. The molecule has 0 spiro atoms. The standard InChI is InChI=1S/C59H40O/c1-3-12-40(13-4-1)48-16-11-17-49(38-48)43-28-32-47(33-29-43)59(55-36-35-51(45-14-5-2-6-15-45)52-18-7-8-19-53(52)55)46-30-26-42(27-31-46)41-22-24-44(25-23-41)50-34-37-58-56(39-50)54-20-9-10-21-57(54)60-58/h1-39,59H. The number of benzene rings is 10. The van der Waals surface area contributed by atoms with Gasteiger partial charge in [0.15, 0.2) is 0 Å². The van der Waals surface area contributed by atoms with Crippen LogP contribution in [-0.2, 0) is 0 Å². The molecule has 11 rings (SSSR count). The minimum atomic E-state index is 0.0229. The van der Waals surface area contributed by atoms with E-state index in [-0.39, 0.29) is 5.92 Å². The molecule has 1 atom stereocenters. The van der Waals surface area contributed by atoms with Crippen LogP contribution < -0.4 is 0 Å². The number of para-hydroxylation sites is 1. The van der Waals surface area contributed by atoms with Crippen molar-refractivity contribution in [2.24, 2.45) is 0 Å². The van der Waals surface area contributed by atoms with Gasteiger partial charge in [-0.15, -0.1) is 0 Å². The van der Waals surface area contributed by atoms with Crippen LogP contribution in [0.15, 0.2) is 241 Å². The molecule has 10 aromatic carbocycles. The quantitative estimate of drug-likeness (QED) is 0.140. The van der Waals surface area contributed by atoms with Crippen LogP contribution in [0.25, 0.3) is 88.3 Å². The van der Waals surface area contributed by atoms with Crippen molar-refractivity contribution in [3.8, 4) is 55.6 Å². The first-order valence-corrected chi connectivity index (χ1v) is 20.7. The lowest BCUT2D eigenvalue weighted by Crippen LogP contribution is -2.05. The minimum Gasteiger partial charge on any atom is -0.456 e. The topological polar surface area (TPSA) is 13.1 Å². The number of hydrogen-bond donors (Lipinski definition) is 0. The van der Waals surface area contributed by atoms with Gasteiger partial charge in [-0.3, -0.25) is 0 Å². The summed E-state index contributed by atoms with van der Waals surface area (Å²) in [5.74, 6) is 0.0229. The van der Waals surface area contributed by atoms with Gasteiger partial charge in [-0.1, -0.05) is 212 Å². The molecule has 11 aromatic rings. The summed E-state index contributed by atoms with van der Waals surface area (Å²) in [6, 6.07) is 85.8. The molecule has 0 fully saturated rings. The van der Waals surface area contributed by atoms with Crippen molar-refractivity contribution < 1.29 is 4.42 Å². The summed E-state index contributed by atoms with van der Waals surface area (Å²) >= 11 is 0. The van der Waals surface area contributed by atoms with E-state index in [9.17, 15) is 0 Å². The molecule has 1 aromatic heterocycles. The van der Waals surface area contributed by atoms with E-state index in [2.05, 4.69) is 224 Å². The lowest BCUT2D eigenvalue weighted by molar-refractivity contribution is 0.669. The maximum atomic E-state index is 6.09. The van der Waals surface area contributed by atoms with Gasteiger partial charge in [0.1, 0.15) is 11.2 Å². The van der Waals surface area contributed by atoms with Crippen LogP contribution >= 0.6 is 0 Å². The second-order valence-corrected chi connectivity index (χ2v) is 15.6. The molecule has 1 unspecified atom stereocenters. The molecule has 1 heterocycles. The van der Waals surface area contributed by atoms with Gasteiger partial charge in [0.25, 0.3) is 0 Å². The molecule has 0 N–H and O–H groups in total. The Morgan fingerprint density at radius 1 is 0.250 bits per heavy atom. The van der Waals surface area contributed by atoms with E-state index in [1.807, 2.05) is 12.1 Å². The molecule has 0 aliphatic rings. The highest BCUT2D eigenvalue weighted by atomic mass is 16.3. The largest absolute Gasteiger partial charge is 0.456 e. The fourth-order valence-electron chi connectivity index (χ4n) is 9.00. The Bertz CT molecular complexity index is 3270. The van der Waals surface area contributed by atoms with Crippen molar-refractivity contribution in [1.82, 2.24) is 0 Å². The summed E-state index contributed by atoms with van der Waals surface area (Å²) in [6.07, 6.45) is 0. The Morgan fingerprint density at radius 3 is 1.32 bits per heavy atom. The summed E-state index contributed by atoms with van der Waals surface area (Å²) in [6.45, 7) is 0. The molecule has 0 aliphatic carbocycles. The average Bonchev–Trinajstić information content (AvgIpc) is 3.71. The Morgan fingerprint density at radius 2 is 0.683 bits per heavy atom. The zero-order valence-corrected chi connectivity index (χ0v) is 33.0. The lowest BCUT2D eigenvalue weighted by Gasteiger charge is -2.23. The second kappa shape index (κ2) is 15.2. The third kappa shape index (κ3) is 6.57. The van der Waals surface area contributed by atoms with Crippen molar-refractivity contribution in [2.75, 3.05) is 0 Å². The molecule has 0 radical (unpaired) electrons. The fourth-order valence-corrected chi connectivity index (χ4v) is 9.00. The monoisotopic (exact) mass is 764 g/mol. The smallest absolute Gasteiger partial charge is 0.135 e. The van der Waals surface area contributed by atoms with E-state index < -0.39 is 0 Å². The van der Waals surface area contributed by atoms with Crippen molar-refractivity contribution in [3.63, 3.8) is 0 Å². The number of fused-ring (bicyclic) bond motifs is 4. The maximum Gasteiger partial charge on any atom is 0.135 e. The summed E-state index contributed by atoms with van der Waals surface area (Å²) in [4.78, 5) is 0. The molecular formula is C59H40O. The van der Waals surface area contributed by atoms with Gasteiger partial charge in [0.05, 0.1) is 0 Å². The van der Waals surface area contributed by atoms with Gasteiger partial charge in [0, 0.05) is 16.7 Å². The van der Waals surface area contributed by atoms with Crippen molar-refractivity contribution in [1.29, 1.82) is 0 Å². The lowest BCUT2D eigenvalue weighted by atomic mass is 9.80. The summed E-state index contributed by atoms with van der Waals surface area (Å²) in [5, 5.41) is 4.82. The number of hydrogen-bond acceptors (Lipinski definition) is 1. The molecule has 282 valence electrons. The second-order valence-electron chi connectivity index (χ2n) is 15.6. The summed E-state index contributed by atoms with van der Waals surface area (Å²) in [7, 11) is 0. The van der Waals surface area contributed by atoms with Crippen molar-refractivity contribution in [2.45, 2.75) is 5.92 Å². The van der Waals surface area contributed by atoms with E-state index in [0.717, 1.165) is 21.9 Å². The van der Waals surface area contributed by atoms with Crippen LogP contribution in [0.3, 0.4) is 0 Å². The Labute approximate surface area is 350 Å². The number of rotatable bonds is 8. The van der Waals surface area contributed by atoms with Crippen molar-refractivity contribution >= 4 is 32.7 Å². The van der Waals surface area contributed by atoms with Gasteiger partial charge < -0.3 is 4.42 Å². The zero-order valence-electron chi connectivity index (χ0n) is 33.0. The predicted octanol–water partition coefficient (Wildman–Crippen LogP) is 16.3. The highest BCUT2D eigenvalue weighted by Crippen LogP contribution is 2.41. The van der Waals surface area contributed by atoms with Crippen LogP contribution in [-0.4, -0.2) is 0 Å². The fraction of sp³-hybridized carbons (Fsp3) is 0.0169. The van der Waals surface area contributed by atoms with Crippen LogP contribution in [0.5, 0.6) is 0 Å². The first kappa shape index (κ1) is 35.4. The summed E-state index contributed by atoms with van der Waals surface area (Å²) < 4.78 is 6.09. The Kier molecular flexibility index (Phi) is 8.98. The molecule has 1 nitrogen and oxygen atoms in total. The average molecular weight is 765 g/mol. The number of furan rings is 1. The molecule has 60 heavy (non-hydrogen) atoms. The Hall–Kier alpha value is -7.74. The molecule has 0 saturated carbocycles. The van der Waals surface area contributed by atoms with Gasteiger partial charge >= 0.3 is 0 Å². The van der Waals surface area contributed by atoms with Crippen molar-refractivity contribution in [3.05, 3.63) is 253 Å². The van der Waals surface area contributed by atoms with Gasteiger partial charge in [-0.25, -0.2) is 0 Å². The van der Waals surface area contributed by atoms with Crippen LogP contribution in [0.4, 0.5) is 0 Å². The SMILES string of the molecule is c1ccc(-c2cccc(-c3ccc(C(c4ccc(-c5ccc(-c6ccc7oc8ccccc8c7c6)cc5)cc4)c4ccc(-c5ccccc5)c5ccccc45)cc3)c2)cc1. The highest BCUT2D eigenvalue weighted by molar-refractivity contribution is 6.06. The van der Waals surface area contributed by atoms with E-state index >= 15 is 0 Å². The van der Waals surface area contributed by atoms with E-state index in [1.54, 1.807) is 0 Å². The zero-order chi connectivity index (χ0) is 39.8. The normalized spacial score (nSPS) is 11.9. The molecule has 0 aliphatic heterocycles. The molecular weight excluding hydrogens is 725 g/mol. The maximum absolute atomic E-state index is 6.09. The van der Waals surface area contributed by atoms with Crippen LogP contribution in [0.1, 0.15) is 22.6 Å². The van der Waals surface area contributed by atoms with Crippen LogP contribution in [0, 0.1) is 0 Å². The molecule has 0 bridgehead atoms.